The fraction of sp³-hybridized carbons (Fsp3) is 0.417. The van der Waals surface area contributed by atoms with Gasteiger partial charge in [-0.15, -0.1) is 23.5 Å². The topological polar surface area (TPSA) is 122 Å². The smallest absolute Gasteiger partial charge is 0.324 e. The fourth-order valence-corrected chi connectivity index (χ4v) is 3.33. The molecule has 1 aliphatic rings. The van der Waals surface area contributed by atoms with Crippen molar-refractivity contribution in [1.82, 2.24) is 18.6 Å². The van der Waals surface area contributed by atoms with Crippen molar-refractivity contribution < 1.29 is 19.3 Å². The first-order valence-corrected chi connectivity index (χ1v) is 14.7. The van der Waals surface area contributed by atoms with Crippen molar-refractivity contribution in [3.8, 4) is 0 Å². The van der Waals surface area contributed by atoms with Crippen LogP contribution in [0.15, 0.2) is 46.7 Å². The molecular weight excluding hydrogens is 547 g/mol. The van der Waals surface area contributed by atoms with E-state index >= 15 is 0 Å². The maximum absolute atomic E-state index is 11.6. The van der Waals surface area contributed by atoms with Gasteiger partial charge in [-0.2, -0.15) is 0 Å². The van der Waals surface area contributed by atoms with Crippen LogP contribution >= 0.6 is 35.7 Å². The van der Waals surface area contributed by atoms with Crippen LogP contribution in [-0.2, 0) is 9.68 Å². The Morgan fingerprint density at radius 2 is 1.47 bits per heavy atom. The summed E-state index contributed by atoms with van der Waals surface area (Å²) in [7, 11) is 2.88. The average molecular weight is 580 g/mol. The Kier molecular flexibility index (Phi) is 13.2. The van der Waals surface area contributed by atoms with E-state index in [0.717, 1.165) is 32.1 Å². The summed E-state index contributed by atoms with van der Waals surface area (Å²) in [5, 5.41) is 11.7. The summed E-state index contributed by atoms with van der Waals surface area (Å²) in [4.78, 5) is 41.5. The van der Waals surface area contributed by atoms with Crippen molar-refractivity contribution >= 4 is 69.6 Å². The number of aryl methyl sites for hydroxylation is 1. The molecule has 0 bridgehead atoms. The predicted octanol–water partition coefficient (Wildman–Crippen LogP) is 6.49. The maximum atomic E-state index is 11.6. The average Bonchev–Trinajstić information content (AvgIpc) is 3.76. The molecule has 1 heterocycles. The molecule has 0 aliphatic heterocycles. The monoisotopic (exact) mass is 579 g/mol. The van der Waals surface area contributed by atoms with Gasteiger partial charge >= 0.3 is 12.2 Å². The molecule has 0 spiro atoms. The van der Waals surface area contributed by atoms with E-state index in [1.54, 1.807) is 13.8 Å². The Morgan fingerprint density at radius 3 is 1.95 bits per heavy atom. The number of carbonyl (C=O) groups is 2. The van der Waals surface area contributed by atoms with E-state index < -0.39 is 12.2 Å². The van der Waals surface area contributed by atoms with E-state index in [1.807, 2.05) is 49.8 Å². The molecule has 14 heteroatoms. The third-order valence-corrected chi connectivity index (χ3v) is 6.87. The highest BCUT2D eigenvalue weighted by atomic mass is 32.2. The van der Waals surface area contributed by atoms with Gasteiger partial charge < -0.3 is 5.32 Å². The van der Waals surface area contributed by atoms with Gasteiger partial charge in [-0.1, -0.05) is 28.5 Å². The normalized spacial score (nSPS) is 13.1. The summed E-state index contributed by atoms with van der Waals surface area (Å²) in [6.45, 7) is 5.44. The quantitative estimate of drug-likeness (QED) is 0.128. The minimum Gasteiger partial charge on any atom is -0.324 e. The zero-order chi connectivity index (χ0) is 28.1. The summed E-state index contributed by atoms with van der Waals surface area (Å²) in [5.74, 6) is 1.37. The molecule has 2 amide bonds. The minimum atomic E-state index is -0.711. The molecule has 0 atom stereocenters. The molecule has 1 saturated carbocycles. The fourth-order valence-electron chi connectivity index (χ4n) is 2.53. The van der Waals surface area contributed by atoms with Crippen LogP contribution in [0, 0.1) is 6.92 Å². The van der Waals surface area contributed by atoms with E-state index in [1.165, 1.54) is 56.2 Å². The molecule has 2 aromatic rings. The maximum Gasteiger partial charge on any atom is 0.447 e. The lowest BCUT2D eigenvalue weighted by atomic mass is 10.2. The number of para-hydroxylation sites is 1. The van der Waals surface area contributed by atoms with Gasteiger partial charge in [0.05, 0.1) is 12.1 Å². The molecule has 1 N–H and O–H groups in total. The number of carbonyl (C=O) groups excluding carboxylic acids is 2. The van der Waals surface area contributed by atoms with E-state index in [0.29, 0.717) is 22.0 Å². The zero-order valence-electron chi connectivity index (χ0n) is 22.5. The van der Waals surface area contributed by atoms with Gasteiger partial charge in [-0.25, -0.2) is 28.2 Å². The lowest BCUT2D eigenvalue weighted by Crippen LogP contribution is -2.28. The summed E-state index contributed by atoms with van der Waals surface area (Å²) < 4.78 is 2.20. The number of thioether (sulfide) groups is 2. The minimum absolute atomic E-state index is 0.608. The highest BCUT2D eigenvalue weighted by Gasteiger charge is 2.25. The molecule has 206 valence electrons. The van der Waals surface area contributed by atoms with Crippen LogP contribution in [0.2, 0.25) is 0 Å². The largest absolute Gasteiger partial charge is 0.447 e. The number of amides is 2. The van der Waals surface area contributed by atoms with Gasteiger partial charge in [-0.3, -0.25) is 9.68 Å². The summed E-state index contributed by atoms with van der Waals surface area (Å²) in [6, 6.07) is 12.1. The van der Waals surface area contributed by atoms with Crippen LogP contribution in [0.3, 0.4) is 0 Å². The number of anilines is 2. The molecule has 0 radical (unpaired) electrons. The third kappa shape index (κ3) is 11.6. The number of hydrogen-bond donors (Lipinski definition) is 1. The van der Waals surface area contributed by atoms with Gasteiger partial charge in [-0.05, 0) is 64.3 Å². The molecule has 1 fully saturated rings. The van der Waals surface area contributed by atoms with E-state index in [4.69, 9.17) is 0 Å². The third-order valence-electron chi connectivity index (χ3n) is 4.75. The second-order valence-corrected chi connectivity index (χ2v) is 11.2. The molecular formula is C24H33N7O4S3. The lowest BCUT2D eigenvalue weighted by Gasteiger charge is -2.19. The van der Waals surface area contributed by atoms with Gasteiger partial charge in [0, 0.05) is 37.1 Å². The molecule has 0 saturated heterocycles. The first kappa shape index (κ1) is 31.2. The van der Waals surface area contributed by atoms with Crippen LogP contribution in [0.25, 0.3) is 0 Å². The van der Waals surface area contributed by atoms with Crippen LogP contribution < -0.4 is 5.32 Å². The molecule has 1 aromatic carbocycles. The van der Waals surface area contributed by atoms with E-state index in [-0.39, 0.29) is 0 Å². The van der Waals surface area contributed by atoms with Crippen molar-refractivity contribution in [2.75, 3.05) is 31.9 Å². The van der Waals surface area contributed by atoms with Crippen LogP contribution in [-0.4, -0.2) is 67.5 Å². The molecule has 38 heavy (non-hydrogen) atoms. The molecule has 1 aromatic heterocycles. The van der Waals surface area contributed by atoms with Crippen molar-refractivity contribution in [3.05, 3.63) is 47.8 Å². The molecule has 1 aliphatic carbocycles. The Hall–Kier alpha value is -2.97. The molecule has 3 rings (SSSR count). The highest BCUT2D eigenvalue weighted by Crippen LogP contribution is 2.39. The number of nitrogens with one attached hydrogen (secondary N) is 1. The van der Waals surface area contributed by atoms with Crippen molar-refractivity contribution in [2.24, 2.45) is 10.3 Å². The number of hydrogen-bond acceptors (Lipinski definition) is 12. The molecule has 11 nitrogen and oxygen atoms in total. The van der Waals surface area contributed by atoms with E-state index in [2.05, 4.69) is 41.3 Å². The summed E-state index contributed by atoms with van der Waals surface area (Å²) >= 11 is 3.51. The van der Waals surface area contributed by atoms with E-state index in [9.17, 15) is 9.59 Å². The lowest BCUT2D eigenvalue weighted by molar-refractivity contribution is 0.131. The highest BCUT2D eigenvalue weighted by molar-refractivity contribution is 8.13. The Labute approximate surface area is 236 Å². The second-order valence-electron chi connectivity index (χ2n) is 7.94. The van der Waals surface area contributed by atoms with Gasteiger partial charge in [0.25, 0.3) is 0 Å². The predicted molar refractivity (Wildman–Crippen MR) is 158 cm³/mol. The number of benzene rings is 1. The number of rotatable bonds is 7. The Bertz CT molecular complexity index is 1090. The number of aromatic nitrogens is 2. The van der Waals surface area contributed by atoms with Gasteiger partial charge in [0.15, 0.2) is 0 Å². The summed E-state index contributed by atoms with van der Waals surface area (Å²) in [5.41, 5.74) is 3.23. The zero-order valence-corrected chi connectivity index (χ0v) is 24.9. The summed E-state index contributed by atoms with van der Waals surface area (Å²) in [6.07, 6.45) is 4.73. The second kappa shape index (κ2) is 16.1. The van der Waals surface area contributed by atoms with Crippen molar-refractivity contribution in [2.45, 2.75) is 39.5 Å². The van der Waals surface area contributed by atoms with Crippen molar-refractivity contribution in [3.63, 3.8) is 0 Å². The number of oxime groups is 2. The number of nitrogens with zero attached hydrogens (tertiary/aromatic N) is 6. The van der Waals surface area contributed by atoms with Crippen LogP contribution in [0.4, 0.5) is 21.2 Å². The Morgan fingerprint density at radius 1 is 0.947 bits per heavy atom. The first-order chi connectivity index (χ1) is 18.1. The van der Waals surface area contributed by atoms with Gasteiger partial charge in [0.2, 0.25) is 5.95 Å². The first-order valence-electron chi connectivity index (χ1n) is 11.5. The van der Waals surface area contributed by atoms with Crippen molar-refractivity contribution in [1.29, 1.82) is 0 Å². The Balaban J connectivity index is 0.000000271. The molecule has 0 unspecified atom stereocenters. The SMILES string of the molecule is CS/C(C)=N\OC(=O)N(C)SN(C)C(=O)O/N=C(/C)SC.Cc1cc(C2CC2)nc(Nc2ccccc2)n1. The standard InChI is InChI=1S/C14H15N3.C10H18N4O4S3/c1-10-9-13(11-7-8-11)17-14(15-10)16-12-5-3-2-4-6-12;1-7(19-5)11-17-9(15)13(3)21-14(4)10(16)18-12-8(2)20-6/h2-6,9,11H,7-8H2,1H3,(H,15,16,17);1-6H3/b;11-7-,12-8-. The van der Waals surface area contributed by atoms with Crippen LogP contribution in [0.5, 0.6) is 0 Å². The van der Waals surface area contributed by atoms with Gasteiger partial charge in [0.1, 0.15) is 10.1 Å². The van der Waals surface area contributed by atoms with Crippen LogP contribution in [0.1, 0.15) is 44.0 Å².